The summed E-state index contributed by atoms with van der Waals surface area (Å²) in [7, 11) is 1.89. The van der Waals surface area contributed by atoms with Crippen LogP contribution in [0.4, 0.5) is 0 Å². The molecule has 1 aromatic heterocycles. The van der Waals surface area contributed by atoms with E-state index in [1.807, 2.05) is 29.9 Å². The second-order valence-corrected chi connectivity index (χ2v) is 4.96. The van der Waals surface area contributed by atoms with Crippen molar-refractivity contribution in [1.82, 2.24) is 25.9 Å². The topological polar surface area (TPSA) is 57.5 Å². The molecule has 0 unspecified atom stereocenters. The molecule has 0 radical (unpaired) electrons. The molecule has 2 aromatic rings. The number of benzene rings is 1. The van der Waals surface area contributed by atoms with E-state index in [9.17, 15) is 0 Å². The van der Waals surface area contributed by atoms with E-state index in [4.69, 9.17) is 0 Å². The zero-order chi connectivity index (χ0) is 13.2. The van der Waals surface area contributed by atoms with Crippen molar-refractivity contribution in [2.45, 2.75) is 6.54 Å². The van der Waals surface area contributed by atoms with Crippen LogP contribution in [-0.4, -0.2) is 27.7 Å². The van der Waals surface area contributed by atoms with Crippen LogP contribution in [0.1, 0.15) is 11.1 Å². The predicted octanol–water partition coefficient (Wildman–Crippen LogP) is 1.31. The SMILES string of the molecule is CN1NNN=C1c1cnn(Cc2ccccc2)c1Br. The molecule has 98 valence electrons. The van der Waals surface area contributed by atoms with Gasteiger partial charge in [0.15, 0.2) is 5.84 Å². The lowest BCUT2D eigenvalue weighted by Crippen LogP contribution is -2.37. The third-order valence-electron chi connectivity index (χ3n) is 2.89. The molecular formula is C12H13BrN6. The summed E-state index contributed by atoms with van der Waals surface area (Å²) >= 11 is 3.58. The fourth-order valence-corrected chi connectivity index (χ4v) is 2.41. The second-order valence-electron chi connectivity index (χ2n) is 4.21. The number of hydrazone groups is 1. The summed E-state index contributed by atoms with van der Waals surface area (Å²) in [6.45, 7) is 0.722. The molecular weight excluding hydrogens is 308 g/mol. The van der Waals surface area contributed by atoms with E-state index in [0.29, 0.717) is 0 Å². The summed E-state index contributed by atoms with van der Waals surface area (Å²) in [6.07, 6.45) is 1.80. The number of amidine groups is 1. The maximum absolute atomic E-state index is 4.40. The van der Waals surface area contributed by atoms with Gasteiger partial charge in [0.05, 0.1) is 18.3 Å². The molecule has 1 aromatic carbocycles. The van der Waals surface area contributed by atoms with Gasteiger partial charge in [0.25, 0.3) is 0 Å². The van der Waals surface area contributed by atoms with Crippen molar-refractivity contribution in [2.24, 2.45) is 5.10 Å². The van der Waals surface area contributed by atoms with Crippen molar-refractivity contribution < 1.29 is 0 Å². The average Bonchev–Trinajstić information content (AvgIpc) is 2.98. The van der Waals surface area contributed by atoms with Crippen molar-refractivity contribution in [3.05, 3.63) is 52.3 Å². The highest BCUT2D eigenvalue weighted by Crippen LogP contribution is 2.20. The van der Waals surface area contributed by atoms with Crippen molar-refractivity contribution in [1.29, 1.82) is 0 Å². The normalized spacial score (nSPS) is 14.4. The Labute approximate surface area is 119 Å². The van der Waals surface area contributed by atoms with Crippen LogP contribution in [0.25, 0.3) is 0 Å². The Kier molecular flexibility index (Phi) is 3.22. The molecule has 7 heteroatoms. The minimum Gasteiger partial charge on any atom is -0.274 e. The predicted molar refractivity (Wildman–Crippen MR) is 76.0 cm³/mol. The maximum Gasteiger partial charge on any atom is 0.177 e. The smallest absolute Gasteiger partial charge is 0.177 e. The van der Waals surface area contributed by atoms with Gasteiger partial charge < -0.3 is 0 Å². The van der Waals surface area contributed by atoms with E-state index in [1.54, 1.807) is 11.2 Å². The van der Waals surface area contributed by atoms with Gasteiger partial charge in [-0.1, -0.05) is 30.3 Å². The number of nitrogens with zero attached hydrogens (tertiary/aromatic N) is 4. The van der Waals surface area contributed by atoms with Gasteiger partial charge in [-0.25, -0.2) is 5.53 Å². The highest BCUT2D eigenvalue weighted by Gasteiger charge is 2.20. The zero-order valence-corrected chi connectivity index (χ0v) is 11.9. The number of rotatable bonds is 3. The van der Waals surface area contributed by atoms with Crippen LogP contribution in [0.15, 0.2) is 46.2 Å². The van der Waals surface area contributed by atoms with E-state index in [2.05, 4.69) is 49.3 Å². The second kappa shape index (κ2) is 5.02. The Morgan fingerprint density at radius 2 is 2.05 bits per heavy atom. The van der Waals surface area contributed by atoms with Crippen LogP contribution < -0.4 is 11.1 Å². The summed E-state index contributed by atoms with van der Waals surface area (Å²) in [5, 5.41) is 10.4. The Bertz CT molecular complexity index is 606. The molecule has 1 aliphatic heterocycles. The largest absolute Gasteiger partial charge is 0.274 e. The van der Waals surface area contributed by atoms with Gasteiger partial charge >= 0.3 is 0 Å². The molecule has 3 rings (SSSR count). The number of hydrazine groups is 2. The number of halogens is 1. The first-order valence-electron chi connectivity index (χ1n) is 5.83. The highest BCUT2D eigenvalue weighted by atomic mass is 79.9. The Morgan fingerprint density at radius 1 is 1.26 bits per heavy atom. The molecule has 0 spiro atoms. The van der Waals surface area contributed by atoms with E-state index >= 15 is 0 Å². The molecule has 2 heterocycles. The lowest BCUT2D eigenvalue weighted by molar-refractivity contribution is 0.349. The molecule has 0 bridgehead atoms. The molecule has 1 aliphatic rings. The Morgan fingerprint density at radius 3 is 2.74 bits per heavy atom. The van der Waals surface area contributed by atoms with Crippen molar-refractivity contribution in [3.63, 3.8) is 0 Å². The molecule has 0 aliphatic carbocycles. The van der Waals surface area contributed by atoms with Crippen molar-refractivity contribution >= 4 is 21.8 Å². The van der Waals surface area contributed by atoms with E-state index in [0.717, 1.165) is 22.5 Å². The number of hydrogen-bond donors (Lipinski definition) is 2. The molecule has 0 atom stereocenters. The average molecular weight is 321 g/mol. The Hall–Kier alpha value is -1.86. The zero-order valence-electron chi connectivity index (χ0n) is 10.3. The van der Waals surface area contributed by atoms with Gasteiger partial charge in [-0.05, 0) is 21.5 Å². The van der Waals surface area contributed by atoms with Crippen LogP contribution in [0.5, 0.6) is 0 Å². The molecule has 0 fully saturated rings. The van der Waals surface area contributed by atoms with Crippen LogP contribution in [0, 0.1) is 0 Å². The van der Waals surface area contributed by atoms with Gasteiger partial charge in [-0.15, -0.1) is 10.6 Å². The molecule has 19 heavy (non-hydrogen) atoms. The lowest BCUT2D eigenvalue weighted by Gasteiger charge is -2.11. The number of hydrogen-bond acceptors (Lipinski definition) is 5. The third-order valence-corrected chi connectivity index (χ3v) is 3.72. The maximum atomic E-state index is 4.40. The molecule has 0 saturated carbocycles. The minimum atomic E-state index is 0.722. The molecule has 2 N–H and O–H groups in total. The van der Waals surface area contributed by atoms with E-state index < -0.39 is 0 Å². The monoisotopic (exact) mass is 320 g/mol. The summed E-state index contributed by atoms with van der Waals surface area (Å²) in [5.41, 5.74) is 7.73. The van der Waals surface area contributed by atoms with Gasteiger partial charge in [-0.2, -0.15) is 5.10 Å². The van der Waals surface area contributed by atoms with Gasteiger partial charge in [0.2, 0.25) is 0 Å². The molecule has 0 amide bonds. The fourth-order valence-electron chi connectivity index (χ4n) is 1.91. The number of nitrogens with one attached hydrogen (secondary N) is 2. The third kappa shape index (κ3) is 2.34. The molecule has 6 nitrogen and oxygen atoms in total. The van der Waals surface area contributed by atoms with Crippen LogP contribution in [0.3, 0.4) is 0 Å². The van der Waals surface area contributed by atoms with Crippen molar-refractivity contribution in [3.8, 4) is 0 Å². The number of aromatic nitrogens is 2. The van der Waals surface area contributed by atoms with E-state index in [1.165, 1.54) is 5.56 Å². The minimum absolute atomic E-state index is 0.722. The van der Waals surface area contributed by atoms with E-state index in [-0.39, 0.29) is 0 Å². The summed E-state index contributed by atoms with van der Waals surface area (Å²) < 4.78 is 2.81. The van der Waals surface area contributed by atoms with Crippen LogP contribution in [0.2, 0.25) is 0 Å². The van der Waals surface area contributed by atoms with Crippen LogP contribution >= 0.6 is 15.9 Å². The molecule has 0 saturated heterocycles. The summed E-state index contributed by atoms with van der Waals surface area (Å²) in [4.78, 5) is 0. The Balaban J connectivity index is 1.87. The standard InChI is InChI=1S/C12H13BrN6/c1-18-12(15-16-17-18)10-7-14-19(11(10)13)8-9-5-3-2-4-6-9/h2-7,16-17H,8H2,1H3. The van der Waals surface area contributed by atoms with Gasteiger partial charge in [0.1, 0.15) is 4.60 Å². The lowest BCUT2D eigenvalue weighted by atomic mass is 10.2. The quantitative estimate of drug-likeness (QED) is 0.895. The summed E-state index contributed by atoms with van der Waals surface area (Å²) in [5.74, 6) is 0.797. The van der Waals surface area contributed by atoms with Gasteiger partial charge in [-0.3, -0.25) is 9.69 Å². The van der Waals surface area contributed by atoms with Gasteiger partial charge in [0, 0.05) is 7.05 Å². The fraction of sp³-hybridized carbons (Fsp3) is 0.167. The first-order valence-corrected chi connectivity index (χ1v) is 6.62. The van der Waals surface area contributed by atoms with Crippen LogP contribution in [-0.2, 0) is 6.54 Å². The first-order chi connectivity index (χ1) is 9.25. The van der Waals surface area contributed by atoms with Crippen molar-refractivity contribution in [2.75, 3.05) is 7.05 Å². The first kappa shape index (κ1) is 12.2. The summed E-state index contributed by atoms with van der Waals surface area (Å²) in [6, 6.07) is 10.2. The highest BCUT2D eigenvalue weighted by molar-refractivity contribution is 9.10.